The molecule has 0 unspecified atom stereocenters. The topological polar surface area (TPSA) is 32.3 Å². The van der Waals surface area contributed by atoms with Crippen LogP contribution < -0.4 is 5.32 Å². The molecular weight excluding hydrogens is 200 g/mol. The van der Waals surface area contributed by atoms with Crippen LogP contribution in [0.2, 0.25) is 0 Å². The summed E-state index contributed by atoms with van der Waals surface area (Å²) in [7, 11) is 1.89. The fourth-order valence-electron chi connectivity index (χ4n) is 2.25. The van der Waals surface area contributed by atoms with E-state index in [9.17, 15) is 4.79 Å². The first-order valence-electron chi connectivity index (χ1n) is 6.58. The van der Waals surface area contributed by atoms with Gasteiger partial charge in [0.1, 0.15) is 0 Å². The van der Waals surface area contributed by atoms with Gasteiger partial charge >= 0.3 is 0 Å². The van der Waals surface area contributed by atoms with Crippen molar-refractivity contribution in [1.29, 1.82) is 0 Å². The van der Waals surface area contributed by atoms with Crippen LogP contribution in [0.5, 0.6) is 0 Å². The number of hydrogen-bond acceptors (Lipinski definition) is 2. The molecule has 3 heteroatoms. The van der Waals surface area contributed by atoms with Crippen LogP contribution in [0, 0.1) is 11.8 Å². The SMILES string of the molecule is CC(C)N(C)C(=O)CNC(C1CC1)C1CC1. The average Bonchev–Trinajstić information content (AvgIpc) is 3.09. The van der Waals surface area contributed by atoms with E-state index in [1.54, 1.807) is 0 Å². The summed E-state index contributed by atoms with van der Waals surface area (Å²) in [5.41, 5.74) is 0. The lowest BCUT2D eigenvalue weighted by molar-refractivity contribution is -0.130. The monoisotopic (exact) mass is 224 g/mol. The maximum atomic E-state index is 11.8. The molecule has 1 amide bonds. The van der Waals surface area contributed by atoms with E-state index in [0.29, 0.717) is 18.6 Å². The Kier molecular flexibility index (Phi) is 3.53. The molecule has 0 bridgehead atoms. The molecule has 0 aliphatic heterocycles. The standard InChI is InChI=1S/C13H24N2O/c1-9(2)15(3)12(16)8-14-13(10-4-5-10)11-6-7-11/h9-11,13-14H,4-8H2,1-3H3. The Morgan fingerprint density at radius 1 is 1.25 bits per heavy atom. The predicted molar refractivity (Wildman–Crippen MR) is 65.1 cm³/mol. The number of likely N-dealkylation sites (N-methyl/N-ethyl adjacent to an activating group) is 1. The van der Waals surface area contributed by atoms with Crippen LogP contribution >= 0.6 is 0 Å². The van der Waals surface area contributed by atoms with E-state index < -0.39 is 0 Å². The summed E-state index contributed by atoms with van der Waals surface area (Å²) in [6, 6.07) is 0.930. The number of carbonyl (C=O) groups excluding carboxylic acids is 1. The number of rotatable bonds is 6. The summed E-state index contributed by atoms with van der Waals surface area (Å²) < 4.78 is 0. The molecule has 2 aliphatic rings. The first kappa shape index (κ1) is 11.9. The molecule has 2 rings (SSSR count). The van der Waals surface area contributed by atoms with Crippen molar-refractivity contribution in [2.75, 3.05) is 13.6 Å². The third-order valence-electron chi connectivity index (χ3n) is 3.92. The first-order valence-corrected chi connectivity index (χ1v) is 6.58. The maximum absolute atomic E-state index is 11.8. The van der Waals surface area contributed by atoms with E-state index in [4.69, 9.17) is 0 Å². The third-order valence-corrected chi connectivity index (χ3v) is 3.92. The van der Waals surface area contributed by atoms with Crippen LogP contribution in [0.3, 0.4) is 0 Å². The van der Waals surface area contributed by atoms with Gasteiger partial charge in [-0.25, -0.2) is 0 Å². The van der Waals surface area contributed by atoms with Crippen molar-refractivity contribution < 1.29 is 4.79 Å². The number of nitrogens with zero attached hydrogens (tertiary/aromatic N) is 1. The summed E-state index contributed by atoms with van der Waals surface area (Å²) in [5, 5.41) is 3.49. The number of nitrogens with one attached hydrogen (secondary N) is 1. The highest BCUT2D eigenvalue weighted by Gasteiger charge is 2.41. The van der Waals surface area contributed by atoms with Crippen molar-refractivity contribution in [1.82, 2.24) is 10.2 Å². The second-order valence-electron chi connectivity index (χ2n) is 5.68. The summed E-state index contributed by atoms with van der Waals surface area (Å²) in [4.78, 5) is 13.7. The van der Waals surface area contributed by atoms with Crippen molar-refractivity contribution >= 4 is 5.91 Å². The molecule has 92 valence electrons. The zero-order valence-electron chi connectivity index (χ0n) is 10.7. The molecule has 0 heterocycles. The lowest BCUT2D eigenvalue weighted by atomic mass is 10.1. The number of amides is 1. The maximum Gasteiger partial charge on any atom is 0.236 e. The smallest absolute Gasteiger partial charge is 0.236 e. The van der Waals surface area contributed by atoms with Crippen LogP contribution in [0.1, 0.15) is 39.5 Å². The van der Waals surface area contributed by atoms with Crippen LogP contribution in [-0.2, 0) is 4.79 Å². The highest BCUT2D eigenvalue weighted by molar-refractivity contribution is 5.78. The minimum Gasteiger partial charge on any atom is -0.342 e. The Hall–Kier alpha value is -0.570. The molecule has 0 aromatic carbocycles. The predicted octanol–water partition coefficient (Wildman–Crippen LogP) is 1.63. The molecule has 3 nitrogen and oxygen atoms in total. The molecule has 0 aromatic heterocycles. The van der Waals surface area contributed by atoms with Crippen LogP contribution in [0.15, 0.2) is 0 Å². The zero-order valence-corrected chi connectivity index (χ0v) is 10.7. The van der Waals surface area contributed by atoms with Gasteiger partial charge in [-0.05, 0) is 51.4 Å². The Bertz CT molecular complexity index is 245. The summed E-state index contributed by atoms with van der Waals surface area (Å²) in [6.45, 7) is 4.63. The van der Waals surface area contributed by atoms with E-state index in [-0.39, 0.29) is 5.91 Å². The van der Waals surface area contributed by atoms with Gasteiger partial charge in [-0.1, -0.05) is 0 Å². The van der Waals surface area contributed by atoms with Gasteiger partial charge < -0.3 is 10.2 Å². The Morgan fingerprint density at radius 2 is 1.75 bits per heavy atom. The summed E-state index contributed by atoms with van der Waals surface area (Å²) in [6.07, 6.45) is 5.45. The minimum atomic E-state index is 0.223. The van der Waals surface area contributed by atoms with Crippen molar-refractivity contribution in [3.63, 3.8) is 0 Å². The normalized spacial score (nSPS) is 20.6. The zero-order chi connectivity index (χ0) is 11.7. The molecule has 0 aromatic rings. The highest BCUT2D eigenvalue weighted by atomic mass is 16.2. The van der Waals surface area contributed by atoms with Gasteiger partial charge in [0.25, 0.3) is 0 Å². The van der Waals surface area contributed by atoms with Crippen LogP contribution in [-0.4, -0.2) is 36.5 Å². The molecule has 16 heavy (non-hydrogen) atoms. The lowest BCUT2D eigenvalue weighted by Crippen LogP contribution is -2.44. The summed E-state index contributed by atoms with van der Waals surface area (Å²) in [5.74, 6) is 1.95. The lowest BCUT2D eigenvalue weighted by Gasteiger charge is -2.24. The minimum absolute atomic E-state index is 0.223. The summed E-state index contributed by atoms with van der Waals surface area (Å²) >= 11 is 0. The van der Waals surface area contributed by atoms with E-state index >= 15 is 0 Å². The molecule has 0 saturated heterocycles. The molecule has 2 fully saturated rings. The van der Waals surface area contributed by atoms with Gasteiger partial charge in [0.15, 0.2) is 0 Å². The molecular formula is C13H24N2O. The van der Waals surface area contributed by atoms with Crippen molar-refractivity contribution in [3.8, 4) is 0 Å². The second-order valence-corrected chi connectivity index (χ2v) is 5.68. The largest absolute Gasteiger partial charge is 0.342 e. The van der Waals surface area contributed by atoms with Gasteiger partial charge in [-0.3, -0.25) is 4.79 Å². The van der Waals surface area contributed by atoms with E-state index in [0.717, 1.165) is 11.8 Å². The van der Waals surface area contributed by atoms with Crippen molar-refractivity contribution in [2.24, 2.45) is 11.8 Å². The van der Waals surface area contributed by atoms with Crippen molar-refractivity contribution in [2.45, 2.75) is 51.6 Å². The van der Waals surface area contributed by atoms with Crippen LogP contribution in [0.25, 0.3) is 0 Å². The van der Waals surface area contributed by atoms with E-state index in [2.05, 4.69) is 19.2 Å². The van der Waals surface area contributed by atoms with Gasteiger partial charge in [-0.2, -0.15) is 0 Å². The fraction of sp³-hybridized carbons (Fsp3) is 0.923. The molecule has 0 atom stereocenters. The first-order chi connectivity index (χ1) is 7.59. The second kappa shape index (κ2) is 4.74. The Morgan fingerprint density at radius 3 is 2.12 bits per heavy atom. The Labute approximate surface area is 98.6 Å². The van der Waals surface area contributed by atoms with Gasteiger partial charge in [0.2, 0.25) is 5.91 Å². The molecule has 2 aliphatic carbocycles. The molecule has 2 saturated carbocycles. The van der Waals surface area contributed by atoms with E-state index in [1.807, 2.05) is 11.9 Å². The molecule has 1 N–H and O–H groups in total. The van der Waals surface area contributed by atoms with Gasteiger partial charge in [0, 0.05) is 19.1 Å². The fourth-order valence-corrected chi connectivity index (χ4v) is 2.25. The number of carbonyl (C=O) groups is 1. The average molecular weight is 224 g/mol. The Balaban J connectivity index is 1.74. The number of hydrogen-bond donors (Lipinski definition) is 1. The van der Waals surface area contributed by atoms with E-state index in [1.165, 1.54) is 25.7 Å². The quantitative estimate of drug-likeness (QED) is 0.744. The highest BCUT2D eigenvalue weighted by Crippen LogP contribution is 2.44. The van der Waals surface area contributed by atoms with Gasteiger partial charge in [-0.15, -0.1) is 0 Å². The van der Waals surface area contributed by atoms with Gasteiger partial charge in [0.05, 0.1) is 6.54 Å². The third kappa shape index (κ3) is 2.97. The van der Waals surface area contributed by atoms with Crippen molar-refractivity contribution in [3.05, 3.63) is 0 Å². The molecule has 0 spiro atoms. The molecule has 0 radical (unpaired) electrons. The van der Waals surface area contributed by atoms with Crippen LogP contribution in [0.4, 0.5) is 0 Å².